The Balaban J connectivity index is 1.34. The van der Waals surface area contributed by atoms with Gasteiger partial charge in [0.25, 0.3) is 11.8 Å². The highest BCUT2D eigenvalue weighted by atomic mass is 35.5. The van der Waals surface area contributed by atoms with E-state index in [1.165, 1.54) is 0 Å². The van der Waals surface area contributed by atoms with E-state index in [1.807, 2.05) is 54.3 Å². The largest absolute Gasteiger partial charge is 0.369 e. The van der Waals surface area contributed by atoms with Crippen LogP contribution >= 0.6 is 11.6 Å². The third-order valence-corrected chi connectivity index (χ3v) is 6.27. The molecule has 4 rings (SSSR count). The molecule has 2 aromatic carbocycles. The van der Waals surface area contributed by atoms with Gasteiger partial charge in [-0.2, -0.15) is 5.01 Å². The smallest absolute Gasteiger partial charge is 0.344 e. The van der Waals surface area contributed by atoms with Crippen molar-refractivity contribution in [2.24, 2.45) is 0 Å². The van der Waals surface area contributed by atoms with E-state index in [4.69, 9.17) is 11.6 Å². The van der Waals surface area contributed by atoms with Crippen LogP contribution in [0.1, 0.15) is 18.9 Å². The molecule has 2 heterocycles. The zero-order valence-electron chi connectivity index (χ0n) is 17.9. The molecular weight excluding hydrogens is 430 g/mol. The number of amides is 4. The first-order valence-corrected chi connectivity index (χ1v) is 11.1. The van der Waals surface area contributed by atoms with Gasteiger partial charge in [-0.05, 0) is 30.2 Å². The first-order valence-electron chi connectivity index (χ1n) is 10.7. The lowest BCUT2D eigenvalue weighted by atomic mass is 9.87. The quantitative estimate of drug-likeness (QED) is 0.653. The Labute approximate surface area is 192 Å². The van der Waals surface area contributed by atoms with E-state index in [-0.39, 0.29) is 6.54 Å². The van der Waals surface area contributed by atoms with E-state index >= 15 is 0 Å². The Kier molecular flexibility index (Phi) is 6.34. The van der Waals surface area contributed by atoms with E-state index in [0.29, 0.717) is 30.1 Å². The van der Waals surface area contributed by atoms with Crippen molar-refractivity contribution in [1.82, 2.24) is 20.7 Å². The molecule has 1 unspecified atom stereocenters. The monoisotopic (exact) mass is 455 g/mol. The van der Waals surface area contributed by atoms with E-state index in [1.54, 1.807) is 12.1 Å². The second kappa shape index (κ2) is 9.18. The summed E-state index contributed by atoms with van der Waals surface area (Å²) in [5.41, 5.74) is 3.07. The molecule has 2 aliphatic rings. The van der Waals surface area contributed by atoms with E-state index in [0.717, 1.165) is 23.8 Å². The third kappa shape index (κ3) is 4.28. The zero-order valence-corrected chi connectivity index (χ0v) is 18.6. The number of carbonyl (C=O) groups excluding carboxylic acids is 3. The standard InChI is InChI=1S/C23H26ClN5O3/c1-2-23(17-7-4-3-5-8-17)21(31)29(22(32)25-23)26-20(30)16-27-11-13-28(14-12-27)19-10-6-9-18(24)15-19/h3-10,15H,2,11-14,16H2,1H3,(H,25,32)(H,26,30). The fourth-order valence-corrected chi connectivity index (χ4v) is 4.42. The molecule has 2 fully saturated rings. The molecule has 168 valence electrons. The number of anilines is 1. The second-order valence-corrected chi connectivity index (χ2v) is 8.41. The Morgan fingerprint density at radius 1 is 1.06 bits per heavy atom. The Bertz CT molecular complexity index is 1010. The number of imide groups is 1. The molecule has 1 atom stereocenters. The summed E-state index contributed by atoms with van der Waals surface area (Å²) in [6, 6.07) is 16.1. The van der Waals surface area contributed by atoms with Crippen LogP contribution in [0, 0.1) is 0 Å². The number of hydrogen-bond acceptors (Lipinski definition) is 5. The molecule has 0 spiro atoms. The molecular formula is C23H26ClN5O3. The van der Waals surface area contributed by atoms with Crippen LogP contribution in [-0.4, -0.2) is 60.5 Å². The minimum Gasteiger partial charge on any atom is -0.369 e. The van der Waals surface area contributed by atoms with Gasteiger partial charge in [-0.25, -0.2) is 4.79 Å². The number of halogens is 1. The summed E-state index contributed by atoms with van der Waals surface area (Å²) in [6.45, 7) is 4.81. The number of hydrazine groups is 1. The number of rotatable bonds is 6. The molecule has 0 bridgehead atoms. The summed E-state index contributed by atoms with van der Waals surface area (Å²) in [5.74, 6) is -0.875. The number of carbonyl (C=O) groups is 3. The van der Waals surface area contributed by atoms with Crippen LogP contribution in [0.25, 0.3) is 0 Å². The highest BCUT2D eigenvalue weighted by Crippen LogP contribution is 2.31. The molecule has 2 saturated heterocycles. The maximum atomic E-state index is 13.1. The van der Waals surface area contributed by atoms with Crippen molar-refractivity contribution in [3.63, 3.8) is 0 Å². The lowest BCUT2D eigenvalue weighted by molar-refractivity contribution is -0.139. The van der Waals surface area contributed by atoms with Crippen molar-refractivity contribution in [1.29, 1.82) is 0 Å². The molecule has 2 aromatic rings. The lowest BCUT2D eigenvalue weighted by Gasteiger charge is -2.36. The van der Waals surface area contributed by atoms with E-state index in [2.05, 4.69) is 15.6 Å². The van der Waals surface area contributed by atoms with Crippen molar-refractivity contribution in [3.05, 3.63) is 65.2 Å². The molecule has 8 nitrogen and oxygen atoms in total. The lowest BCUT2D eigenvalue weighted by Crippen LogP contribution is -2.53. The van der Waals surface area contributed by atoms with Gasteiger partial charge in [-0.1, -0.05) is 54.9 Å². The molecule has 2 N–H and O–H groups in total. The normalized spacial score (nSPS) is 21.6. The molecule has 4 amide bonds. The molecule has 0 aliphatic carbocycles. The molecule has 0 radical (unpaired) electrons. The number of nitrogens with zero attached hydrogens (tertiary/aromatic N) is 3. The summed E-state index contributed by atoms with van der Waals surface area (Å²) in [6.07, 6.45) is 0.374. The maximum Gasteiger partial charge on any atom is 0.344 e. The van der Waals surface area contributed by atoms with E-state index < -0.39 is 23.4 Å². The van der Waals surface area contributed by atoms with Crippen LogP contribution in [0.15, 0.2) is 54.6 Å². The van der Waals surface area contributed by atoms with Crippen LogP contribution < -0.4 is 15.6 Å². The van der Waals surface area contributed by atoms with Gasteiger partial charge in [0.2, 0.25) is 0 Å². The Morgan fingerprint density at radius 2 is 1.78 bits per heavy atom. The molecule has 0 aromatic heterocycles. The molecule has 9 heteroatoms. The van der Waals surface area contributed by atoms with Gasteiger partial charge < -0.3 is 10.2 Å². The Hall–Kier alpha value is -3.10. The van der Waals surface area contributed by atoms with Crippen molar-refractivity contribution in [2.45, 2.75) is 18.9 Å². The minimum absolute atomic E-state index is 0.102. The first-order chi connectivity index (χ1) is 15.4. The van der Waals surface area contributed by atoms with Gasteiger partial charge in [0.05, 0.1) is 6.54 Å². The maximum absolute atomic E-state index is 13.1. The van der Waals surface area contributed by atoms with Gasteiger partial charge in [-0.15, -0.1) is 0 Å². The summed E-state index contributed by atoms with van der Waals surface area (Å²) in [5, 5.41) is 4.26. The highest BCUT2D eigenvalue weighted by molar-refractivity contribution is 6.30. The van der Waals surface area contributed by atoms with Crippen LogP contribution in [0.2, 0.25) is 5.02 Å². The second-order valence-electron chi connectivity index (χ2n) is 7.97. The minimum atomic E-state index is -1.17. The summed E-state index contributed by atoms with van der Waals surface area (Å²) >= 11 is 6.08. The van der Waals surface area contributed by atoms with Gasteiger partial charge in [0, 0.05) is 36.9 Å². The Morgan fingerprint density at radius 3 is 2.44 bits per heavy atom. The summed E-state index contributed by atoms with van der Waals surface area (Å²) in [7, 11) is 0. The number of urea groups is 1. The highest BCUT2D eigenvalue weighted by Gasteiger charge is 2.52. The zero-order chi connectivity index (χ0) is 22.7. The SMILES string of the molecule is CCC1(c2ccccc2)NC(=O)N(NC(=O)CN2CCN(c3cccc(Cl)c3)CC2)C1=O. The van der Waals surface area contributed by atoms with Crippen molar-refractivity contribution >= 4 is 35.1 Å². The number of benzene rings is 2. The fraction of sp³-hybridized carbons (Fsp3) is 0.348. The van der Waals surface area contributed by atoms with Gasteiger partial charge in [0.1, 0.15) is 5.54 Å². The number of piperazine rings is 1. The first kappa shape index (κ1) is 22.1. The number of hydrogen-bond donors (Lipinski definition) is 2. The van der Waals surface area contributed by atoms with Gasteiger partial charge >= 0.3 is 6.03 Å². The van der Waals surface area contributed by atoms with Crippen LogP contribution in [0.3, 0.4) is 0 Å². The number of nitrogens with one attached hydrogen (secondary N) is 2. The van der Waals surface area contributed by atoms with Gasteiger partial charge in [-0.3, -0.25) is 19.9 Å². The van der Waals surface area contributed by atoms with E-state index in [9.17, 15) is 14.4 Å². The third-order valence-electron chi connectivity index (χ3n) is 6.04. The van der Waals surface area contributed by atoms with Crippen molar-refractivity contribution in [3.8, 4) is 0 Å². The predicted molar refractivity (Wildman–Crippen MR) is 122 cm³/mol. The topological polar surface area (TPSA) is 85.0 Å². The fourth-order valence-electron chi connectivity index (χ4n) is 4.24. The predicted octanol–water partition coefficient (Wildman–Crippen LogP) is 2.35. The summed E-state index contributed by atoms with van der Waals surface area (Å²) < 4.78 is 0. The van der Waals surface area contributed by atoms with Gasteiger partial charge in [0.15, 0.2) is 0 Å². The summed E-state index contributed by atoms with van der Waals surface area (Å²) in [4.78, 5) is 42.5. The average molecular weight is 456 g/mol. The van der Waals surface area contributed by atoms with Crippen molar-refractivity contribution in [2.75, 3.05) is 37.6 Å². The molecule has 32 heavy (non-hydrogen) atoms. The van der Waals surface area contributed by atoms with Crippen molar-refractivity contribution < 1.29 is 14.4 Å². The van der Waals surface area contributed by atoms with Crippen LogP contribution in [-0.2, 0) is 15.1 Å². The molecule has 0 saturated carbocycles. The molecule has 2 aliphatic heterocycles. The van der Waals surface area contributed by atoms with Crippen LogP contribution in [0.5, 0.6) is 0 Å². The average Bonchev–Trinajstić information content (AvgIpc) is 3.05. The van der Waals surface area contributed by atoms with Crippen LogP contribution in [0.4, 0.5) is 10.5 Å².